The summed E-state index contributed by atoms with van der Waals surface area (Å²) in [7, 11) is 0. The third-order valence-electron chi connectivity index (χ3n) is 4.72. The topological polar surface area (TPSA) is 59.2 Å². The van der Waals surface area contributed by atoms with Gasteiger partial charge in [0.15, 0.2) is 0 Å². The Balaban J connectivity index is 1.41. The zero-order chi connectivity index (χ0) is 16.9. The van der Waals surface area contributed by atoms with Crippen molar-refractivity contribution < 1.29 is 9.21 Å². The molecule has 1 aromatic heterocycles. The highest BCUT2D eigenvalue weighted by molar-refractivity contribution is 5.76. The quantitative estimate of drug-likeness (QED) is 0.844. The van der Waals surface area contributed by atoms with Crippen LogP contribution >= 0.6 is 0 Å². The number of piperidine rings is 1. The first-order chi connectivity index (χ1) is 11.6. The van der Waals surface area contributed by atoms with E-state index in [4.69, 9.17) is 4.42 Å². The summed E-state index contributed by atoms with van der Waals surface area (Å²) in [5, 5.41) is 8.00. The molecule has 0 radical (unpaired) electrons. The first-order valence-electron chi connectivity index (χ1n) is 8.75. The third-order valence-corrected chi connectivity index (χ3v) is 4.72. The molecule has 0 unspecified atom stereocenters. The number of carbonyl (C=O) groups is 1. The number of carbonyl (C=O) groups excluding carboxylic acids is 1. The molecule has 24 heavy (non-hydrogen) atoms. The number of hydrogen-bond acceptors (Lipinski definition) is 4. The lowest BCUT2D eigenvalue weighted by atomic mass is 9.96. The van der Waals surface area contributed by atoms with Crippen LogP contribution in [0.5, 0.6) is 0 Å². The molecule has 3 rings (SSSR count). The normalized spacial score (nSPS) is 15.7. The number of likely N-dealkylation sites (tertiary alicyclic amines) is 1. The maximum Gasteiger partial charge on any atom is 0.222 e. The van der Waals surface area contributed by atoms with Crippen LogP contribution in [0, 0.1) is 13.8 Å². The highest BCUT2D eigenvalue weighted by Crippen LogP contribution is 2.27. The first kappa shape index (κ1) is 16.7. The molecule has 1 aromatic carbocycles. The van der Waals surface area contributed by atoms with Crippen molar-refractivity contribution in [3.05, 3.63) is 47.2 Å². The summed E-state index contributed by atoms with van der Waals surface area (Å²) in [6.45, 7) is 5.47. The molecule has 2 heterocycles. The van der Waals surface area contributed by atoms with Gasteiger partial charge in [-0.3, -0.25) is 4.79 Å². The van der Waals surface area contributed by atoms with Crippen LogP contribution in [0.15, 0.2) is 28.7 Å². The molecule has 1 aliphatic rings. The van der Waals surface area contributed by atoms with Gasteiger partial charge < -0.3 is 9.32 Å². The van der Waals surface area contributed by atoms with Crippen molar-refractivity contribution in [2.75, 3.05) is 13.1 Å². The Bertz CT molecular complexity index is 670. The summed E-state index contributed by atoms with van der Waals surface area (Å²) in [5.41, 5.74) is 2.58. The highest BCUT2D eigenvalue weighted by Gasteiger charge is 2.26. The lowest BCUT2D eigenvalue weighted by molar-refractivity contribution is -0.132. The van der Waals surface area contributed by atoms with Crippen LogP contribution in [0.4, 0.5) is 0 Å². The number of nitrogens with zero attached hydrogens (tertiary/aromatic N) is 3. The predicted octanol–water partition coefficient (Wildman–Crippen LogP) is 3.42. The van der Waals surface area contributed by atoms with Crippen molar-refractivity contribution in [3.63, 3.8) is 0 Å². The van der Waals surface area contributed by atoms with E-state index in [0.717, 1.165) is 44.7 Å². The molecule has 1 amide bonds. The number of benzene rings is 1. The minimum absolute atomic E-state index is 0.266. The Labute approximate surface area is 143 Å². The fourth-order valence-electron chi connectivity index (χ4n) is 3.21. The van der Waals surface area contributed by atoms with Gasteiger partial charge in [-0.05, 0) is 38.2 Å². The summed E-state index contributed by atoms with van der Waals surface area (Å²) in [5.74, 6) is 1.89. The number of aromatic nitrogens is 2. The summed E-state index contributed by atoms with van der Waals surface area (Å²) in [4.78, 5) is 14.3. The number of amides is 1. The monoisotopic (exact) mass is 327 g/mol. The molecule has 5 nitrogen and oxygen atoms in total. The molecule has 1 fully saturated rings. The van der Waals surface area contributed by atoms with Crippen molar-refractivity contribution in [3.8, 4) is 0 Å². The Hall–Kier alpha value is -2.17. The second-order valence-electron chi connectivity index (χ2n) is 6.65. The van der Waals surface area contributed by atoms with Gasteiger partial charge in [0.1, 0.15) is 0 Å². The minimum atomic E-state index is 0.266. The van der Waals surface area contributed by atoms with Gasteiger partial charge in [0, 0.05) is 32.4 Å². The van der Waals surface area contributed by atoms with Gasteiger partial charge in [-0.25, -0.2) is 0 Å². The lowest BCUT2D eigenvalue weighted by Gasteiger charge is -2.30. The molecular weight excluding hydrogens is 302 g/mol. The van der Waals surface area contributed by atoms with E-state index in [0.29, 0.717) is 18.2 Å². The maximum absolute atomic E-state index is 12.4. The van der Waals surface area contributed by atoms with Gasteiger partial charge in [0.25, 0.3) is 0 Å². The van der Waals surface area contributed by atoms with Crippen molar-refractivity contribution in [1.82, 2.24) is 15.1 Å². The number of aryl methyl sites for hydroxylation is 3. The average Bonchev–Trinajstić information content (AvgIpc) is 3.03. The largest absolute Gasteiger partial charge is 0.425 e. The second-order valence-corrected chi connectivity index (χ2v) is 6.65. The zero-order valence-corrected chi connectivity index (χ0v) is 14.5. The second kappa shape index (κ2) is 7.60. The van der Waals surface area contributed by atoms with Crippen LogP contribution in [0.3, 0.4) is 0 Å². The van der Waals surface area contributed by atoms with Gasteiger partial charge in [0.05, 0.1) is 0 Å². The van der Waals surface area contributed by atoms with Crippen LogP contribution < -0.4 is 0 Å². The van der Waals surface area contributed by atoms with E-state index in [1.165, 1.54) is 11.1 Å². The molecule has 0 bridgehead atoms. The molecule has 5 heteroatoms. The van der Waals surface area contributed by atoms with Gasteiger partial charge in [-0.1, -0.05) is 29.8 Å². The summed E-state index contributed by atoms with van der Waals surface area (Å²) in [6.07, 6.45) is 4.31. The van der Waals surface area contributed by atoms with Crippen LogP contribution in [-0.2, 0) is 11.2 Å². The Morgan fingerprint density at radius 2 is 1.88 bits per heavy atom. The standard InChI is InChI=1S/C19H25N3O2/c1-14-6-8-16(9-7-14)4-3-5-18(23)22-12-10-17(11-13-22)19-21-20-15(2)24-19/h6-9,17H,3-5,10-13H2,1-2H3. The lowest BCUT2D eigenvalue weighted by Crippen LogP contribution is -2.37. The van der Waals surface area contributed by atoms with Gasteiger partial charge in [0.2, 0.25) is 17.7 Å². The Kier molecular flexibility index (Phi) is 5.28. The Morgan fingerprint density at radius 3 is 2.50 bits per heavy atom. The van der Waals surface area contributed by atoms with E-state index >= 15 is 0 Å². The molecular formula is C19H25N3O2. The average molecular weight is 327 g/mol. The van der Waals surface area contributed by atoms with Crippen LogP contribution in [0.2, 0.25) is 0 Å². The van der Waals surface area contributed by atoms with E-state index in [2.05, 4.69) is 41.4 Å². The van der Waals surface area contributed by atoms with E-state index in [1.807, 2.05) is 11.8 Å². The zero-order valence-electron chi connectivity index (χ0n) is 14.5. The van der Waals surface area contributed by atoms with E-state index in [-0.39, 0.29) is 5.91 Å². The third kappa shape index (κ3) is 4.22. The fraction of sp³-hybridized carbons (Fsp3) is 0.526. The van der Waals surface area contributed by atoms with Gasteiger partial charge >= 0.3 is 0 Å². The summed E-state index contributed by atoms with van der Waals surface area (Å²) in [6, 6.07) is 8.55. The summed E-state index contributed by atoms with van der Waals surface area (Å²) >= 11 is 0. The molecule has 0 aliphatic carbocycles. The number of rotatable bonds is 5. The molecule has 0 atom stereocenters. The molecule has 1 saturated heterocycles. The first-order valence-corrected chi connectivity index (χ1v) is 8.75. The molecule has 0 saturated carbocycles. The number of hydrogen-bond donors (Lipinski definition) is 0. The minimum Gasteiger partial charge on any atom is -0.425 e. The fourth-order valence-corrected chi connectivity index (χ4v) is 3.21. The molecule has 128 valence electrons. The van der Waals surface area contributed by atoms with Crippen molar-refractivity contribution in [1.29, 1.82) is 0 Å². The SMILES string of the molecule is Cc1ccc(CCCC(=O)N2CCC(c3nnc(C)o3)CC2)cc1. The highest BCUT2D eigenvalue weighted by atomic mass is 16.4. The molecule has 1 aliphatic heterocycles. The predicted molar refractivity (Wildman–Crippen MR) is 91.7 cm³/mol. The van der Waals surface area contributed by atoms with Crippen LogP contribution in [0.25, 0.3) is 0 Å². The maximum atomic E-state index is 12.4. The smallest absolute Gasteiger partial charge is 0.222 e. The van der Waals surface area contributed by atoms with Crippen molar-refractivity contribution in [2.45, 2.75) is 51.9 Å². The van der Waals surface area contributed by atoms with Crippen molar-refractivity contribution in [2.24, 2.45) is 0 Å². The van der Waals surface area contributed by atoms with Gasteiger partial charge in [-0.15, -0.1) is 10.2 Å². The van der Waals surface area contributed by atoms with Crippen LogP contribution in [0.1, 0.15) is 54.5 Å². The van der Waals surface area contributed by atoms with E-state index in [9.17, 15) is 4.79 Å². The Morgan fingerprint density at radius 1 is 1.17 bits per heavy atom. The molecule has 0 spiro atoms. The molecule has 2 aromatic rings. The van der Waals surface area contributed by atoms with Crippen LogP contribution in [-0.4, -0.2) is 34.1 Å². The van der Waals surface area contributed by atoms with Crippen molar-refractivity contribution >= 4 is 5.91 Å². The van der Waals surface area contributed by atoms with E-state index in [1.54, 1.807) is 0 Å². The summed E-state index contributed by atoms with van der Waals surface area (Å²) < 4.78 is 5.52. The van der Waals surface area contributed by atoms with E-state index < -0.39 is 0 Å². The van der Waals surface area contributed by atoms with Gasteiger partial charge in [-0.2, -0.15) is 0 Å². The molecule has 0 N–H and O–H groups in total.